The normalized spacial score (nSPS) is 11.2. The lowest BCUT2D eigenvalue weighted by molar-refractivity contribution is 0.396. The number of nitrogens with zero attached hydrogens (tertiary/aromatic N) is 6. The lowest BCUT2D eigenvalue weighted by atomic mass is 10.2. The van der Waals surface area contributed by atoms with Crippen LogP contribution in [0.5, 0.6) is 5.88 Å². The van der Waals surface area contributed by atoms with Crippen LogP contribution in [0.1, 0.15) is 11.3 Å². The average molecular weight is 443 g/mol. The Bertz CT molecular complexity index is 1490. The van der Waals surface area contributed by atoms with Crippen LogP contribution in [-0.4, -0.2) is 36.4 Å². The summed E-state index contributed by atoms with van der Waals surface area (Å²) in [5.74, 6) is 0.815. The maximum Gasteiger partial charge on any atom is 0.238 e. The van der Waals surface area contributed by atoms with Crippen molar-refractivity contribution in [1.29, 1.82) is 0 Å². The second-order valence-corrected chi connectivity index (χ2v) is 7.85. The molecule has 0 aliphatic carbocycles. The number of hydrogen-bond donors (Lipinski definition) is 1. The minimum atomic E-state index is -0.271. The zero-order valence-electron chi connectivity index (χ0n) is 18.7. The SMILES string of the molecule is COc1nc(-c2cc(C)c(Nc3cn(C)c4cc(F)ccc34)nn2)ccc1-n1cnc(C)c1. The molecule has 4 aromatic heterocycles. The molecule has 0 bridgehead atoms. The summed E-state index contributed by atoms with van der Waals surface area (Å²) in [6.07, 6.45) is 5.54. The first-order valence-electron chi connectivity index (χ1n) is 10.4. The van der Waals surface area contributed by atoms with Gasteiger partial charge in [-0.25, -0.2) is 14.4 Å². The van der Waals surface area contributed by atoms with Crippen LogP contribution >= 0.6 is 0 Å². The second kappa shape index (κ2) is 8.01. The molecular weight excluding hydrogens is 421 g/mol. The van der Waals surface area contributed by atoms with E-state index in [2.05, 4.69) is 25.5 Å². The molecular formula is C24H22FN7O. The number of anilines is 2. The third-order valence-electron chi connectivity index (χ3n) is 5.48. The fourth-order valence-electron chi connectivity index (χ4n) is 3.79. The van der Waals surface area contributed by atoms with Crippen molar-refractivity contribution in [2.24, 2.45) is 7.05 Å². The number of aryl methyl sites for hydroxylation is 3. The number of ether oxygens (including phenoxy) is 1. The molecule has 0 unspecified atom stereocenters. The van der Waals surface area contributed by atoms with Crippen molar-refractivity contribution < 1.29 is 9.13 Å². The summed E-state index contributed by atoms with van der Waals surface area (Å²) in [5.41, 5.74) is 5.50. The minimum Gasteiger partial charge on any atom is -0.479 e. The number of rotatable bonds is 5. The van der Waals surface area contributed by atoms with E-state index in [4.69, 9.17) is 4.74 Å². The van der Waals surface area contributed by atoms with Gasteiger partial charge in [0.25, 0.3) is 0 Å². The van der Waals surface area contributed by atoms with Gasteiger partial charge in [0.05, 0.1) is 36.0 Å². The number of halogens is 1. The molecule has 0 saturated heterocycles. The van der Waals surface area contributed by atoms with E-state index in [-0.39, 0.29) is 5.82 Å². The first kappa shape index (κ1) is 20.6. The van der Waals surface area contributed by atoms with Crippen LogP contribution in [0.4, 0.5) is 15.9 Å². The number of nitrogens with one attached hydrogen (secondary N) is 1. The smallest absolute Gasteiger partial charge is 0.238 e. The van der Waals surface area contributed by atoms with Gasteiger partial charge in [0.1, 0.15) is 17.2 Å². The molecule has 4 heterocycles. The van der Waals surface area contributed by atoms with Crippen molar-refractivity contribution in [3.63, 3.8) is 0 Å². The van der Waals surface area contributed by atoms with Crippen LogP contribution < -0.4 is 10.1 Å². The third-order valence-corrected chi connectivity index (χ3v) is 5.48. The topological polar surface area (TPSA) is 82.7 Å². The van der Waals surface area contributed by atoms with Gasteiger partial charge in [0.15, 0.2) is 5.82 Å². The largest absolute Gasteiger partial charge is 0.479 e. The Hall–Kier alpha value is -4.27. The summed E-state index contributed by atoms with van der Waals surface area (Å²) < 4.78 is 22.9. The molecule has 0 saturated carbocycles. The summed E-state index contributed by atoms with van der Waals surface area (Å²) in [6.45, 7) is 3.88. The van der Waals surface area contributed by atoms with Crippen molar-refractivity contribution in [3.8, 4) is 23.0 Å². The van der Waals surface area contributed by atoms with E-state index >= 15 is 0 Å². The first-order chi connectivity index (χ1) is 15.9. The van der Waals surface area contributed by atoms with Crippen molar-refractivity contribution in [2.45, 2.75) is 13.8 Å². The quantitative estimate of drug-likeness (QED) is 0.423. The molecule has 33 heavy (non-hydrogen) atoms. The predicted molar refractivity (Wildman–Crippen MR) is 125 cm³/mol. The Balaban J connectivity index is 1.46. The van der Waals surface area contributed by atoms with Crippen LogP contribution in [0.2, 0.25) is 0 Å². The molecule has 0 fully saturated rings. The summed E-state index contributed by atoms with van der Waals surface area (Å²) in [7, 11) is 3.46. The molecule has 0 spiro atoms. The van der Waals surface area contributed by atoms with Gasteiger partial charge in [-0.2, -0.15) is 0 Å². The van der Waals surface area contributed by atoms with Crippen LogP contribution in [0.25, 0.3) is 28.0 Å². The average Bonchev–Trinajstić information content (AvgIpc) is 3.37. The second-order valence-electron chi connectivity index (χ2n) is 7.85. The Morgan fingerprint density at radius 1 is 1.00 bits per heavy atom. The van der Waals surface area contributed by atoms with E-state index in [0.29, 0.717) is 23.1 Å². The van der Waals surface area contributed by atoms with E-state index in [1.807, 2.05) is 60.6 Å². The zero-order valence-corrected chi connectivity index (χ0v) is 18.7. The van der Waals surface area contributed by atoms with Crippen LogP contribution in [-0.2, 0) is 7.05 Å². The van der Waals surface area contributed by atoms with Crippen LogP contribution in [0.15, 0.2) is 55.1 Å². The fourth-order valence-corrected chi connectivity index (χ4v) is 3.79. The van der Waals surface area contributed by atoms with Gasteiger partial charge in [-0.3, -0.25) is 0 Å². The monoisotopic (exact) mass is 443 g/mol. The van der Waals surface area contributed by atoms with Crippen molar-refractivity contribution >= 4 is 22.4 Å². The molecule has 1 aromatic carbocycles. The molecule has 0 radical (unpaired) electrons. The molecule has 0 aliphatic rings. The number of pyridine rings is 1. The van der Waals surface area contributed by atoms with Crippen molar-refractivity contribution in [3.05, 3.63) is 72.2 Å². The molecule has 9 heteroatoms. The predicted octanol–water partition coefficient (Wildman–Crippen LogP) is 4.72. The highest BCUT2D eigenvalue weighted by Crippen LogP contribution is 2.30. The van der Waals surface area contributed by atoms with Crippen LogP contribution in [0, 0.1) is 19.7 Å². The van der Waals surface area contributed by atoms with E-state index in [0.717, 1.165) is 33.5 Å². The van der Waals surface area contributed by atoms with Gasteiger partial charge in [-0.05, 0) is 55.8 Å². The fraction of sp³-hybridized carbons (Fsp3) is 0.167. The molecule has 5 rings (SSSR count). The van der Waals surface area contributed by atoms with Gasteiger partial charge in [0.2, 0.25) is 5.88 Å². The number of methoxy groups -OCH3 is 1. The van der Waals surface area contributed by atoms with Gasteiger partial charge in [0, 0.05) is 24.8 Å². The molecule has 0 aliphatic heterocycles. The lowest BCUT2D eigenvalue weighted by Gasteiger charge is -2.11. The lowest BCUT2D eigenvalue weighted by Crippen LogP contribution is -2.02. The molecule has 0 atom stereocenters. The number of aromatic nitrogens is 6. The molecule has 8 nitrogen and oxygen atoms in total. The van der Waals surface area contributed by atoms with Gasteiger partial charge in [-0.1, -0.05) is 0 Å². The molecule has 1 N–H and O–H groups in total. The molecule has 5 aromatic rings. The Kier molecular flexibility index (Phi) is 5.01. The van der Waals surface area contributed by atoms with E-state index in [1.54, 1.807) is 19.5 Å². The number of hydrogen-bond acceptors (Lipinski definition) is 6. The molecule has 0 amide bonds. The number of fused-ring (bicyclic) bond motifs is 1. The van der Waals surface area contributed by atoms with Gasteiger partial charge >= 0.3 is 0 Å². The van der Waals surface area contributed by atoms with E-state index < -0.39 is 0 Å². The summed E-state index contributed by atoms with van der Waals surface area (Å²) in [4.78, 5) is 8.88. The Morgan fingerprint density at radius 3 is 2.58 bits per heavy atom. The minimum absolute atomic E-state index is 0.271. The van der Waals surface area contributed by atoms with Crippen LogP contribution in [0.3, 0.4) is 0 Å². The Morgan fingerprint density at radius 2 is 1.85 bits per heavy atom. The maximum absolute atomic E-state index is 13.6. The summed E-state index contributed by atoms with van der Waals surface area (Å²) >= 11 is 0. The number of benzene rings is 1. The van der Waals surface area contributed by atoms with Crippen molar-refractivity contribution in [1.82, 2.24) is 29.3 Å². The van der Waals surface area contributed by atoms with Crippen molar-refractivity contribution in [2.75, 3.05) is 12.4 Å². The maximum atomic E-state index is 13.6. The zero-order chi connectivity index (χ0) is 23.1. The highest BCUT2D eigenvalue weighted by atomic mass is 19.1. The summed E-state index contributed by atoms with van der Waals surface area (Å²) in [6, 6.07) is 10.4. The highest BCUT2D eigenvalue weighted by molar-refractivity contribution is 5.94. The first-order valence-corrected chi connectivity index (χ1v) is 10.4. The van der Waals surface area contributed by atoms with E-state index in [9.17, 15) is 4.39 Å². The highest BCUT2D eigenvalue weighted by Gasteiger charge is 2.14. The van der Waals surface area contributed by atoms with Gasteiger partial charge < -0.3 is 19.2 Å². The standard InChI is InChI=1S/C24H22FN7O/c1-14-9-19(18-7-8-21(24(28-18)33-4)32-11-15(2)26-13-32)29-30-23(14)27-20-12-31(3)22-10-16(25)5-6-17(20)22/h5-13H,1-4H3,(H,27,30). The molecule has 166 valence electrons. The Labute approximate surface area is 189 Å². The third kappa shape index (κ3) is 3.78. The number of imidazole rings is 1. The van der Waals surface area contributed by atoms with E-state index in [1.165, 1.54) is 12.1 Å². The summed E-state index contributed by atoms with van der Waals surface area (Å²) in [5, 5.41) is 13.0. The van der Waals surface area contributed by atoms with Gasteiger partial charge in [-0.15, -0.1) is 10.2 Å².